The number of aryl methyl sites for hydroxylation is 1. The van der Waals surface area contributed by atoms with Gasteiger partial charge in [0.2, 0.25) is 0 Å². The van der Waals surface area contributed by atoms with E-state index in [0.717, 1.165) is 27.8 Å². The highest BCUT2D eigenvalue weighted by atomic mass is 79.9. The number of halogens is 1. The van der Waals surface area contributed by atoms with Gasteiger partial charge in [-0.15, -0.1) is 0 Å². The van der Waals surface area contributed by atoms with Crippen LogP contribution in [0.1, 0.15) is 20.9 Å². The molecule has 6 heteroatoms. The molecule has 0 atom stereocenters. The van der Waals surface area contributed by atoms with Crippen LogP contribution in [0.3, 0.4) is 0 Å². The summed E-state index contributed by atoms with van der Waals surface area (Å²) >= 11 is 4.74. The predicted molar refractivity (Wildman–Crippen MR) is 80.8 cm³/mol. The summed E-state index contributed by atoms with van der Waals surface area (Å²) < 4.78 is 1.04. The van der Waals surface area contributed by atoms with Crippen molar-refractivity contribution in [3.63, 3.8) is 0 Å². The number of nitrogen functional groups attached to an aromatic ring is 1. The Kier molecular flexibility index (Phi) is 3.06. The molecule has 98 valence electrons. The second kappa shape index (κ2) is 4.61. The van der Waals surface area contributed by atoms with E-state index in [4.69, 9.17) is 5.73 Å². The molecule has 4 nitrogen and oxygen atoms in total. The maximum Gasteiger partial charge on any atom is 0.270 e. The van der Waals surface area contributed by atoms with Crippen molar-refractivity contribution in [2.75, 3.05) is 17.2 Å². The number of nitrogens with zero attached hydrogens (tertiary/aromatic N) is 2. The van der Waals surface area contributed by atoms with Crippen molar-refractivity contribution in [3.8, 4) is 0 Å². The van der Waals surface area contributed by atoms with E-state index < -0.39 is 0 Å². The third-order valence-electron chi connectivity index (χ3n) is 3.18. The predicted octanol–water partition coefficient (Wildman–Crippen LogP) is 3.00. The number of aromatic nitrogens is 1. The number of hydrogen-bond acceptors (Lipinski definition) is 4. The largest absolute Gasteiger partial charge is 0.375 e. The normalized spacial score (nSPS) is 14.6. The summed E-state index contributed by atoms with van der Waals surface area (Å²) in [5, 5.41) is 0.465. The van der Waals surface area contributed by atoms with Crippen molar-refractivity contribution in [1.82, 2.24) is 4.98 Å². The fourth-order valence-corrected chi connectivity index (χ4v) is 3.27. The molecule has 1 aliphatic heterocycles. The van der Waals surface area contributed by atoms with Crippen LogP contribution in [0.25, 0.3) is 0 Å². The van der Waals surface area contributed by atoms with Gasteiger partial charge >= 0.3 is 0 Å². The number of anilines is 2. The minimum Gasteiger partial charge on any atom is -0.375 e. The Morgan fingerprint density at radius 3 is 3.00 bits per heavy atom. The van der Waals surface area contributed by atoms with E-state index in [1.165, 1.54) is 11.3 Å². The lowest BCUT2D eigenvalue weighted by Gasteiger charge is -2.26. The van der Waals surface area contributed by atoms with Crippen LogP contribution in [-0.4, -0.2) is 17.4 Å². The zero-order chi connectivity index (χ0) is 13.6. The molecular formula is C13H12BrN3OS. The number of carbonyl (C=O) groups excluding carboxylic acids is 1. The van der Waals surface area contributed by atoms with E-state index in [0.29, 0.717) is 16.6 Å². The molecule has 1 aliphatic rings. The summed E-state index contributed by atoms with van der Waals surface area (Å²) in [5.74, 6) is -0.00262. The SMILES string of the molecule is Cc1cc(N2CCc3nc(N)sc3C2=O)ccc1Br. The van der Waals surface area contributed by atoms with Crippen LogP contribution in [0.2, 0.25) is 0 Å². The molecule has 2 N–H and O–H groups in total. The maximum absolute atomic E-state index is 12.5. The first kappa shape index (κ1) is 12.6. The standard InChI is InChI=1S/C13H12BrN3OS/c1-7-6-8(2-3-9(7)14)17-5-4-10-11(12(17)18)19-13(15)16-10/h2-3,6H,4-5H2,1H3,(H2,15,16). The number of amides is 1. The molecule has 1 amide bonds. The van der Waals surface area contributed by atoms with E-state index in [9.17, 15) is 4.79 Å². The van der Waals surface area contributed by atoms with Gasteiger partial charge in [0.25, 0.3) is 5.91 Å². The third kappa shape index (κ3) is 2.15. The van der Waals surface area contributed by atoms with E-state index >= 15 is 0 Å². The summed E-state index contributed by atoms with van der Waals surface area (Å²) in [6.07, 6.45) is 0.754. The van der Waals surface area contributed by atoms with Crippen molar-refractivity contribution < 1.29 is 4.79 Å². The summed E-state index contributed by atoms with van der Waals surface area (Å²) in [4.78, 5) is 19.1. The number of fused-ring (bicyclic) bond motifs is 1. The number of nitrogens with two attached hydrogens (primary N) is 1. The molecule has 0 fully saturated rings. The Bertz CT molecular complexity index is 668. The van der Waals surface area contributed by atoms with Gasteiger partial charge in [0.1, 0.15) is 4.88 Å². The summed E-state index contributed by atoms with van der Waals surface area (Å²) in [6, 6.07) is 5.93. The first-order valence-corrected chi connectivity index (χ1v) is 7.50. The van der Waals surface area contributed by atoms with Crippen LogP contribution in [0.5, 0.6) is 0 Å². The highest BCUT2D eigenvalue weighted by molar-refractivity contribution is 9.10. The molecule has 19 heavy (non-hydrogen) atoms. The molecule has 0 bridgehead atoms. The molecule has 1 aromatic heterocycles. The molecule has 0 saturated heterocycles. The maximum atomic E-state index is 12.5. The molecule has 0 spiro atoms. The Hall–Kier alpha value is -1.40. The van der Waals surface area contributed by atoms with Gasteiger partial charge in [-0.1, -0.05) is 27.3 Å². The summed E-state index contributed by atoms with van der Waals surface area (Å²) in [7, 11) is 0. The van der Waals surface area contributed by atoms with Crippen LogP contribution in [0.15, 0.2) is 22.7 Å². The smallest absolute Gasteiger partial charge is 0.270 e. The van der Waals surface area contributed by atoms with Gasteiger partial charge in [0.15, 0.2) is 5.13 Å². The highest BCUT2D eigenvalue weighted by Crippen LogP contribution is 2.31. The molecular weight excluding hydrogens is 326 g/mol. The van der Waals surface area contributed by atoms with E-state index in [2.05, 4.69) is 20.9 Å². The Balaban J connectivity index is 1.99. The number of benzene rings is 1. The fraction of sp³-hybridized carbons (Fsp3) is 0.231. The van der Waals surface area contributed by atoms with Gasteiger partial charge < -0.3 is 10.6 Å². The van der Waals surface area contributed by atoms with Gasteiger partial charge in [0, 0.05) is 23.1 Å². The van der Waals surface area contributed by atoms with E-state index in [1.54, 1.807) is 4.90 Å². The number of thiazole rings is 1. The first-order valence-electron chi connectivity index (χ1n) is 5.89. The minimum absolute atomic E-state index is 0.00262. The van der Waals surface area contributed by atoms with Crippen molar-refractivity contribution in [3.05, 3.63) is 38.8 Å². The quantitative estimate of drug-likeness (QED) is 0.870. The van der Waals surface area contributed by atoms with Gasteiger partial charge in [-0.2, -0.15) is 0 Å². The molecule has 0 aliphatic carbocycles. The molecule has 0 radical (unpaired) electrons. The summed E-state index contributed by atoms with van der Waals surface area (Å²) in [6.45, 7) is 2.66. The molecule has 2 heterocycles. The lowest BCUT2D eigenvalue weighted by atomic mass is 10.1. The van der Waals surface area contributed by atoms with E-state index in [-0.39, 0.29) is 5.91 Å². The lowest BCUT2D eigenvalue weighted by molar-refractivity contribution is 0.0984. The zero-order valence-corrected chi connectivity index (χ0v) is 12.7. The van der Waals surface area contributed by atoms with Crippen LogP contribution in [0, 0.1) is 6.92 Å². The Morgan fingerprint density at radius 1 is 1.47 bits per heavy atom. The van der Waals surface area contributed by atoms with Crippen LogP contribution < -0.4 is 10.6 Å². The molecule has 2 aromatic rings. The second-order valence-corrected chi connectivity index (χ2v) is 6.35. The van der Waals surface area contributed by atoms with Crippen molar-refractivity contribution in [2.45, 2.75) is 13.3 Å². The molecule has 3 rings (SSSR count). The average Bonchev–Trinajstić information content (AvgIpc) is 2.75. The van der Waals surface area contributed by atoms with Crippen LogP contribution in [-0.2, 0) is 6.42 Å². The van der Waals surface area contributed by atoms with Crippen molar-refractivity contribution >= 4 is 44.0 Å². The van der Waals surface area contributed by atoms with Crippen molar-refractivity contribution in [2.24, 2.45) is 0 Å². The monoisotopic (exact) mass is 337 g/mol. The topological polar surface area (TPSA) is 59.2 Å². The first-order chi connectivity index (χ1) is 9.06. The Morgan fingerprint density at radius 2 is 2.26 bits per heavy atom. The van der Waals surface area contributed by atoms with Crippen LogP contribution >= 0.6 is 27.3 Å². The molecule has 1 aromatic carbocycles. The second-order valence-electron chi connectivity index (χ2n) is 4.47. The highest BCUT2D eigenvalue weighted by Gasteiger charge is 2.28. The Labute approximate surface area is 123 Å². The lowest BCUT2D eigenvalue weighted by Crippen LogP contribution is -2.36. The van der Waals surface area contributed by atoms with Crippen LogP contribution in [0.4, 0.5) is 10.8 Å². The van der Waals surface area contributed by atoms with Gasteiger partial charge in [-0.25, -0.2) is 4.98 Å². The van der Waals surface area contributed by atoms with Crippen molar-refractivity contribution in [1.29, 1.82) is 0 Å². The zero-order valence-electron chi connectivity index (χ0n) is 10.3. The number of rotatable bonds is 1. The minimum atomic E-state index is -0.00262. The van der Waals surface area contributed by atoms with E-state index in [1.807, 2.05) is 25.1 Å². The fourth-order valence-electron chi connectivity index (χ4n) is 2.19. The number of carbonyl (C=O) groups is 1. The van der Waals surface area contributed by atoms with Gasteiger partial charge in [0.05, 0.1) is 5.69 Å². The average molecular weight is 338 g/mol. The third-order valence-corrected chi connectivity index (χ3v) is 4.98. The van der Waals surface area contributed by atoms with Gasteiger partial charge in [-0.05, 0) is 30.7 Å². The number of hydrogen-bond donors (Lipinski definition) is 1. The molecule has 0 unspecified atom stereocenters. The summed E-state index contributed by atoms with van der Waals surface area (Å²) in [5.41, 5.74) is 8.54. The molecule has 0 saturated carbocycles. The van der Waals surface area contributed by atoms with Gasteiger partial charge in [-0.3, -0.25) is 4.79 Å².